The number of carbonyl (C=O) groups excluding carboxylic acids is 4. The van der Waals surface area contributed by atoms with Crippen molar-refractivity contribution >= 4 is 35.8 Å². The molecule has 2 heterocycles. The Morgan fingerprint density at radius 3 is 1.38 bits per heavy atom. The van der Waals surface area contributed by atoms with Crippen LogP contribution in [-0.2, 0) is 47.7 Å². The van der Waals surface area contributed by atoms with Gasteiger partial charge in [0.05, 0.1) is 35.5 Å². The quantitative estimate of drug-likeness (QED) is 0.344. The van der Waals surface area contributed by atoms with Gasteiger partial charge in [-0.2, -0.15) is 0 Å². The molecule has 12 heteroatoms. The van der Waals surface area contributed by atoms with Crippen molar-refractivity contribution in [1.29, 1.82) is 0 Å². The molecule has 12 nitrogen and oxygen atoms in total. The van der Waals surface area contributed by atoms with Gasteiger partial charge in [0.25, 0.3) is 0 Å². The van der Waals surface area contributed by atoms with E-state index in [0.29, 0.717) is 25.7 Å². The summed E-state index contributed by atoms with van der Waals surface area (Å²) in [4.78, 5) is 76.0. The van der Waals surface area contributed by atoms with Crippen LogP contribution < -0.4 is 0 Å². The van der Waals surface area contributed by atoms with E-state index in [4.69, 9.17) is 18.9 Å². The molecule has 2 N–H and O–H groups in total. The van der Waals surface area contributed by atoms with Crippen LogP contribution in [0, 0.1) is 71.0 Å². The van der Waals surface area contributed by atoms with Gasteiger partial charge in [-0.1, -0.05) is 0 Å². The maximum atomic E-state index is 13.5. The van der Waals surface area contributed by atoms with Gasteiger partial charge in [0, 0.05) is 23.7 Å². The van der Waals surface area contributed by atoms with E-state index in [1.807, 2.05) is 0 Å². The summed E-state index contributed by atoms with van der Waals surface area (Å²) in [5, 5.41) is 20.3. The Balaban J connectivity index is 1.03. The van der Waals surface area contributed by atoms with Gasteiger partial charge >= 0.3 is 35.8 Å². The summed E-state index contributed by atoms with van der Waals surface area (Å²) in [7, 11) is 0. The number of aliphatic carboxylic acids is 2. The minimum Gasteiger partial charge on any atom is -0.481 e. The molecule has 0 aromatic heterocycles. The lowest BCUT2D eigenvalue weighted by Gasteiger charge is -2.37. The maximum absolute atomic E-state index is 13.5. The molecule has 0 aromatic rings. The predicted molar refractivity (Wildman–Crippen MR) is 120 cm³/mol. The molecular formula is C27H28O12. The van der Waals surface area contributed by atoms with Gasteiger partial charge in [-0.25, -0.2) is 0 Å². The number of hydrogen-bond acceptors (Lipinski definition) is 10. The highest BCUT2D eigenvalue weighted by Gasteiger charge is 2.70. The number of hydrogen-bond donors (Lipinski definition) is 2. The van der Waals surface area contributed by atoms with Crippen LogP contribution in [0.25, 0.3) is 0 Å². The minimum atomic E-state index is -1.30. The van der Waals surface area contributed by atoms with Crippen molar-refractivity contribution in [3.05, 3.63) is 0 Å². The van der Waals surface area contributed by atoms with Gasteiger partial charge in [0.2, 0.25) is 0 Å². The maximum Gasteiger partial charge on any atom is 0.310 e. The summed E-state index contributed by atoms with van der Waals surface area (Å²) in [5.74, 6) is -12.2. The molecule has 16 unspecified atom stereocenters. The zero-order chi connectivity index (χ0) is 27.1. The number of ether oxygens (including phenoxy) is 4. The van der Waals surface area contributed by atoms with Crippen molar-refractivity contribution in [1.82, 2.24) is 0 Å². The van der Waals surface area contributed by atoms with Gasteiger partial charge < -0.3 is 29.2 Å². The molecule has 208 valence electrons. The first-order valence-corrected chi connectivity index (χ1v) is 13.9. The van der Waals surface area contributed by atoms with Gasteiger partial charge in [-0.3, -0.25) is 28.8 Å². The number of carbonyl (C=O) groups is 6. The van der Waals surface area contributed by atoms with Crippen LogP contribution in [0.3, 0.4) is 0 Å². The average Bonchev–Trinajstić information content (AvgIpc) is 3.71. The van der Waals surface area contributed by atoms with E-state index in [-0.39, 0.29) is 53.9 Å². The zero-order valence-electron chi connectivity index (χ0n) is 20.8. The van der Waals surface area contributed by atoms with E-state index in [9.17, 15) is 39.0 Å². The highest BCUT2D eigenvalue weighted by Crippen LogP contribution is 2.61. The van der Waals surface area contributed by atoms with Crippen LogP contribution >= 0.6 is 0 Å². The first-order chi connectivity index (χ1) is 18.6. The summed E-state index contributed by atoms with van der Waals surface area (Å²) in [5.41, 5.74) is 0. The number of rotatable bonds is 6. The standard InChI is InChI=1S/C27H28O12/c28-22(29)14-13-5-12(16(14)26(34)36-18-6-1-8-10(3-6)24(32)38-20(8)18)15(23(30)31)17(13)27(35)37-19-7-2-9-11(4-7)25(33)39-21(9)19/h6-21H,1-5H2,(H,28,29)(H,30,31). The normalized spacial score (nSPS) is 52.7. The minimum absolute atomic E-state index is 0.0122. The Hall–Kier alpha value is -3.18. The van der Waals surface area contributed by atoms with Crippen LogP contribution in [0.4, 0.5) is 0 Å². The molecule has 16 atom stereocenters. The van der Waals surface area contributed by atoms with Crippen LogP contribution in [0.2, 0.25) is 0 Å². The van der Waals surface area contributed by atoms with Crippen molar-refractivity contribution in [3.63, 3.8) is 0 Å². The van der Waals surface area contributed by atoms with E-state index in [1.165, 1.54) is 0 Å². The largest absolute Gasteiger partial charge is 0.481 e. The third-order valence-electron chi connectivity index (χ3n) is 11.6. The van der Waals surface area contributed by atoms with E-state index in [1.54, 1.807) is 0 Å². The third-order valence-corrected chi connectivity index (χ3v) is 11.6. The Bertz CT molecular complexity index is 1140. The summed E-state index contributed by atoms with van der Waals surface area (Å²) in [6.07, 6.45) is 0.158. The first kappa shape index (κ1) is 23.7. The Labute approximate surface area is 221 Å². The number of esters is 4. The molecule has 6 aliphatic carbocycles. The molecule has 8 aliphatic rings. The zero-order valence-corrected chi connectivity index (χ0v) is 20.8. The highest BCUT2D eigenvalue weighted by molar-refractivity contribution is 5.89. The van der Waals surface area contributed by atoms with Crippen molar-refractivity contribution < 1.29 is 57.9 Å². The summed E-state index contributed by atoms with van der Waals surface area (Å²) < 4.78 is 22.5. The summed E-state index contributed by atoms with van der Waals surface area (Å²) in [6, 6.07) is 0. The second kappa shape index (κ2) is 7.72. The van der Waals surface area contributed by atoms with Crippen molar-refractivity contribution in [2.24, 2.45) is 71.0 Å². The van der Waals surface area contributed by atoms with E-state index in [2.05, 4.69) is 0 Å². The molecule has 0 aromatic carbocycles. The molecule has 6 saturated carbocycles. The summed E-state index contributed by atoms with van der Waals surface area (Å²) in [6.45, 7) is 0. The number of fused-ring (bicyclic) bond motifs is 4. The molecule has 39 heavy (non-hydrogen) atoms. The fraction of sp³-hybridized carbons (Fsp3) is 0.778. The molecular weight excluding hydrogens is 516 g/mol. The molecule has 0 spiro atoms. The van der Waals surface area contributed by atoms with Crippen LogP contribution in [0.1, 0.15) is 32.1 Å². The van der Waals surface area contributed by atoms with Gasteiger partial charge in [0.15, 0.2) is 0 Å². The first-order valence-electron chi connectivity index (χ1n) is 13.9. The second-order valence-corrected chi connectivity index (χ2v) is 13.0. The van der Waals surface area contributed by atoms with Crippen LogP contribution in [0.5, 0.6) is 0 Å². The number of carboxylic acid groups (broad SMARTS) is 2. The SMILES string of the molecule is O=C1OC2C3CC(CC13)C2OC(=O)C1C2CC(C1C(=O)O)C(C(=O)OC1C3CC4C(=O)OC1C4C3)C2C(=O)O. The van der Waals surface area contributed by atoms with Crippen molar-refractivity contribution in [2.75, 3.05) is 0 Å². The molecule has 0 radical (unpaired) electrons. The molecule has 2 saturated heterocycles. The molecule has 8 fully saturated rings. The monoisotopic (exact) mass is 544 g/mol. The Morgan fingerprint density at radius 1 is 0.590 bits per heavy atom. The van der Waals surface area contributed by atoms with Crippen molar-refractivity contribution in [3.8, 4) is 0 Å². The van der Waals surface area contributed by atoms with Crippen molar-refractivity contribution in [2.45, 2.75) is 56.5 Å². The highest BCUT2D eigenvalue weighted by atomic mass is 16.6. The lowest BCUT2D eigenvalue weighted by molar-refractivity contribution is -0.183. The summed E-state index contributed by atoms with van der Waals surface area (Å²) >= 11 is 0. The van der Waals surface area contributed by atoms with Gasteiger partial charge in [-0.15, -0.1) is 0 Å². The lowest BCUT2D eigenvalue weighted by atomic mass is 9.68. The second-order valence-electron chi connectivity index (χ2n) is 13.0. The van der Waals surface area contributed by atoms with Gasteiger partial charge in [-0.05, 0) is 43.9 Å². The Morgan fingerprint density at radius 2 is 1.00 bits per heavy atom. The fourth-order valence-electron chi connectivity index (χ4n) is 10.3. The molecule has 6 bridgehead atoms. The van der Waals surface area contributed by atoms with E-state index in [0.717, 1.165) is 0 Å². The number of carboxylic acids is 2. The van der Waals surface area contributed by atoms with E-state index >= 15 is 0 Å². The van der Waals surface area contributed by atoms with Crippen LogP contribution in [0.15, 0.2) is 0 Å². The Kier molecular flexibility index (Phi) is 4.69. The third kappa shape index (κ3) is 2.95. The molecule has 8 rings (SSSR count). The molecule has 0 amide bonds. The smallest absolute Gasteiger partial charge is 0.310 e. The predicted octanol–water partition coefficient (Wildman–Crippen LogP) is 0.257. The lowest BCUT2D eigenvalue weighted by Crippen LogP contribution is -2.50. The molecule has 2 aliphatic heterocycles. The average molecular weight is 545 g/mol. The van der Waals surface area contributed by atoms with Gasteiger partial charge in [0.1, 0.15) is 24.4 Å². The fourth-order valence-corrected chi connectivity index (χ4v) is 10.3. The topological polar surface area (TPSA) is 180 Å². The van der Waals surface area contributed by atoms with Crippen LogP contribution in [-0.4, -0.2) is 70.4 Å². The van der Waals surface area contributed by atoms with E-state index < -0.39 is 83.8 Å².